The summed E-state index contributed by atoms with van der Waals surface area (Å²) in [4.78, 5) is 25.2. The fourth-order valence-corrected chi connectivity index (χ4v) is 3.14. The van der Waals surface area contributed by atoms with E-state index in [4.69, 9.17) is 5.11 Å². The summed E-state index contributed by atoms with van der Waals surface area (Å²) in [6.45, 7) is 2.11. The van der Waals surface area contributed by atoms with Gasteiger partial charge in [-0.3, -0.25) is 9.69 Å². The second-order valence-corrected chi connectivity index (χ2v) is 5.35. The van der Waals surface area contributed by atoms with Gasteiger partial charge in [0.2, 0.25) is 5.76 Å². The number of amides is 1. The van der Waals surface area contributed by atoms with Gasteiger partial charge in [-0.15, -0.1) is 0 Å². The highest BCUT2D eigenvalue weighted by Gasteiger charge is 2.36. The third-order valence-electron chi connectivity index (χ3n) is 4.13. The Balaban J connectivity index is 1.65. The lowest BCUT2D eigenvalue weighted by Crippen LogP contribution is -2.46. The molecule has 1 aromatic heterocycles. The number of carbonyl (C=O) groups excluding carboxylic acids is 1. The zero-order chi connectivity index (χ0) is 14.1. The van der Waals surface area contributed by atoms with Crippen LogP contribution in [-0.2, 0) is 0 Å². The molecule has 7 heteroatoms. The van der Waals surface area contributed by atoms with Gasteiger partial charge in [-0.25, -0.2) is 4.79 Å². The van der Waals surface area contributed by atoms with Gasteiger partial charge in [-0.05, 0) is 25.8 Å². The molecule has 3 rings (SSSR count). The van der Waals surface area contributed by atoms with Gasteiger partial charge in [-0.2, -0.15) is 0 Å². The number of aromatic carboxylic acids is 1. The average Bonchev–Trinajstić information content (AvgIpc) is 3.06. The molecule has 3 heterocycles. The molecule has 2 unspecified atom stereocenters. The number of hydrogen-bond donors (Lipinski definition) is 2. The number of nitrogens with one attached hydrogen (secondary N) is 1. The predicted octanol–water partition coefficient (Wildman–Crippen LogP) is 0.729. The molecular weight excluding hydrogens is 262 g/mol. The van der Waals surface area contributed by atoms with Crippen LogP contribution in [0.15, 0.2) is 10.6 Å². The minimum absolute atomic E-state index is 0.0247. The van der Waals surface area contributed by atoms with Crippen LogP contribution in [0, 0.1) is 0 Å². The number of carbonyl (C=O) groups is 2. The van der Waals surface area contributed by atoms with Crippen molar-refractivity contribution >= 4 is 11.9 Å². The lowest BCUT2D eigenvalue weighted by atomic mass is 9.99. The molecule has 0 bridgehead atoms. The van der Waals surface area contributed by atoms with Gasteiger partial charge in [0.15, 0.2) is 5.69 Å². The molecule has 2 atom stereocenters. The summed E-state index contributed by atoms with van der Waals surface area (Å²) < 4.78 is 4.60. The number of piperidine rings is 1. The van der Waals surface area contributed by atoms with E-state index in [9.17, 15) is 9.59 Å². The highest BCUT2D eigenvalue weighted by molar-refractivity contribution is 5.95. The van der Waals surface area contributed by atoms with E-state index >= 15 is 0 Å². The summed E-state index contributed by atoms with van der Waals surface area (Å²) in [5.74, 6) is -1.91. The first-order valence-electron chi connectivity index (χ1n) is 6.90. The molecule has 0 aromatic carbocycles. The Hall–Kier alpha value is -1.89. The largest absolute Gasteiger partial charge is 0.475 e. The lowest BCUT2D eigenvalue weighted by molar-refractivity contribution is 0.0650. The quantitative estimate of drug-likeness (QED) is 0.846. The summed E-state index contributed by atoms with van der Waals surface area (Å²) in [7, 11) is 0. The number of rotatable bonds is 3. The molecule has 2 N–H and O–H groups in total. The van der Waals surface area contributed by atoms with Gasteiger partial charge in [0, 0.05) is 24.7 Å². The second kappa shape index (κ2) is 5.24. The molecule has 1 aromatic rings. The Morgan fingerprint density at radius 2 is 2.20 bits per heavy atom. The average molecular weight is 279 g/mol. The monoisotopic (exact) mass is 279 g/mol. The highest BCUT2D eigenvalue weighted by Crippen LogP contribution is 2.27. The van der Waals surface area contributed by atoms with Crippen molar-refractivity contribution in [1.82, 2.24) is 15.4 Å². The van der Waals surface area contributed by atoms with E-state index in [1.807, 2.05) is 0 Å². The normalized spacial score (nSPS) is 26.2. The predicted molar refractivity (Wildman–Crippen MR) is 68.5 cm³/mol. The number of carboxylic acids is 1. The molecule has 0 saturated carbocycles. The van der Waals surface area contributed by atoms with E-state index < -0.39 is 5.97 Å². The van der Waals surface area contributed by atoms with E-state index in [1.54, 1.807) is 0 Å². The summed E-state index contributed by atoms with van der Waals surface area (Å²) in [5.41, 5.74) is 0.0247. The Bertz CT molecular complexity index is 527. The lowest BCUT2D eigenvalue weighted by Gasteiger charge is -2.32. The molecule has 2 fully saturated rings. The molecule has 0 aliphatic carbocycles. The first-order valence-corrected chi connectivity index (χ1v) is 6.90. The Morgan fingerprint density at radius 1 is 1.35 bits per heavy atom. The Morgan fingerprint density at radius 3 is 2.95 bits per heavy atom. The fraction of sp³-hybridized carbons (Fsp3) is 0.615. The van der Waals surface area contributed by atoms with Gasteiger partial charge in [-0.1, -0.05) is 11.6 Å². The van der Waals surface area contributed by atoms with Crippen LogP contribution in [-0.4, -0.2) is 52.2 Å². The summed E-state index contributed by atoms with van der Waals surface area (Å²) in [6.07, 6.45) is 4.45. The zero-order valence-corrected chi connectivity index (χ0v) is 11.0. The molecule has 2 aliphatic rings. The second-order valence-electron chi connectivity index (χ2n) is 5.35. The standard InChI is InChI=1S/C13H17N3O4/c17-12(9-7-11(13(18)19)20-15-9)14-8-4-6-16-5-2-1-3-10(8)16/h7-8,10H,1-6H2,(H,14,17)(H,18,19). The maximum Gasteiger partial charge on any atom is 0.374 e. The van der Waals surface area contributed by atoms with Crippen LogP contribution in [0.4, 0.5) is 0 Å². The topological polar surface area (TPSA) is 95.7 Å². The number of carboxylic acid groups (broad SMARTS) is 1. The summed E-state index contributed by atoms with van der Waals surface area (Å²) in [6, 6.07) is 1.68. The van der Waals surface area contributed by atoms with Crippen LogP contribution < -0.4 is 5.32 Å². The first-order chi connectivity index (χ1) is 9.65. The van der Waals surface area contributed by atoms with E-state index in [1.165, 1.54) is 12.8 Å². The van der Waals surface area contributed by atoms with Crippen LogP contribution in [0.2, 0.25) is 0 Å². The smallest absolute Gasteiger partial charge is 0.374 e. The minimum Gasteiger partial charge on any atom is -0.475 e. The molecule has 0 radical (unpaired) electrons. The van der Waals surface area contributed by atoms with Crippen LogP contribution in [0.1, 0.15) is 46.7 Å². The van der Waals surface area contributed by atoms with E-state index in [0.29, 0.717) is 6.04 Å². The first kappa shape index (κ1) is 13.1. The molecule has 0 spiro atoms. The van der Waals surface area contributed by atoms with Crippen molar-refractivity contribution in [2.45, 2.75) is 37.8 Å². The number of aromatic nitrogens is 1. The molecule has 7 nitrogen and oxygen atoms in total. The van der Waals surface area contributed by atoms with Gasteiger partial charge in [0.05, 0.1) is 0 Å². The molecule has 1 amide bonds. The SMILES string of the molecule is O=C(NC1CCN2CCCCC12)c1cc(C(=O)O)on1. The maximum atomic E-state index is 12.1. The third-order valence-corrected chi connectivity index (χ3v) is 4.13. The molecule has 2 aliphatic heterocycles. The van der Waals surface area contributed by atoms with Gasteiger partial charge in [0.1, 0.15) is 0 Å². The minimum atomic E-state index is -1.23. The zero-order valence-electron chi connectivity index (χ0n) is 11.0. The van der Waals surface area contributed by atoms with Crippen molar-refractivity contribution in [2.24, 2.45) is 0 Å². The van der Waals surface area contributed by atoms with Crippen LogP contribution >= 0.6 is 0 Å². The van der Waals surface area contributed by atoms with Crippen molar-refractivity contribution in [2.75, 3.05) is 13.1 Å². The number of hydrogen-bond acceptors (Lipinski definition) is 5. The Labute approximate surface area is 115 Å². The highest BCUT2D eigenvalue weighted by atomic mass is 16.5. The fourth-order valence-electron chi connectivity index (χ4n) is 3.14. The van der Waals surface area contributed by atoms with Gasteiger partial charge < -0.3 is 14.9 Å². The molecule has 20 heavy (non-hydrogen) atoms. The van der Waals surface area contributed by atoms with Gasteiger partial charge in [0.25, 0.3) is 5.91 Å². The van der Waals surface area contributed by atoms with Crippen molar-refractivity contribution in [3.05, 3.63) is 17.5 Å². The van der Waals surface area contributed by atoms with Crippen molar-refractivity contribution in [3.63, 3.8) is 0 Å². The van der Waals surface area contributed by atoms with E-state index in [-0.39, 0.29) is 23.4 Å². The van der Waals surface area contributed by atoms with Crippen LogP contribution in [0.25, 0.3) is 0 Å². The Kier molecular flexibility index (Phi) is 3.43. The number of nitrogens with zero attached hydrogens (tertiary/aromatic N) is 2. The number of fused-ring (bicyclic) bond motifs is 1. The maximum absolute atomic E-state index is 12.1. The van der Waals surface area contributed by atoms with E-state index in [0.717, 1.165) is 32.0 Å². The molecule has 108 valence electrons. The molecular formula is C13H17N3O4. The summed E-state index contributed by atoms with van der Waals surface area (Å²) >= 11 is 0. The van der Waals surface area contributed by atoms with Crippen molar-refractivity contribution < 1.29 is 19.2 Å². The van der Waals surface area contributed by atoms with Crippen LogP contribution in [0.5, 0.6) is 0 Å². The van der Waals surface area contributed by atoms with Gasteiger partial charge >= 0.3 is 5.97 Å². The molecule has 2 saturated heterocycles. The van der Waals surface area contributed by atoms with E-state index in [2.05, 4.69) is 19.9 Å². The van der Waals surface area contributed by atoms with Crippen molar-refractivity contribution in [3.8, 4) is 0 Å². The van der Waals surface area contributed by atoms with Crippen LogP contribution in [0.3, 0.4) is 0 Å². The van der Waals surface area contributed by atoms with Crippen molar-refractivity contribution in [1.29, 1.82) is 0 Å². The summed E-state index contributed by atoms with van der Waals surface area (Å²) in [5, 5.41) is 15.2. The third kappa shape index (κ3) is 2.40.